The van der Waals surface area contributed by atoms with Gasteiger partial charge in [0.25, 0.3) is 0 Å². The number of aromatic amines is 1. The van der Waals surface area contributed by atoms with E-state index in [1.54, 1.807) is 24.4 Å². The molecule has 0 fully saturated rings. The lowest BCUT2D eigenvalue weighted by Gasteiger charge is -2.16. The molecule has 5 nitrogen and oxygen atoms in total. The average Bonchev–Trinajstić information content (AvgIpc) is 3.03. The van der Waals surface area contributed by atoms with Crippen LogP contribution in [-0.2, 0) is 13.1 Å². The number of halogens is 1. The highest BCUT2D eigenvalue weighted by Crippen LogP contribution is 2.19. The molecule has 3 N–H and O–H groups in total. The number of nitrogen functional groups attached to an aromatic ring is 1. The monoisotopic (exact) mass is 361 g/mol. The molecule has 0 saturated heterocycles. The molecule has 0 bridgehead atoms. The van der Waals surface area contributed by atoms with Gasteiger partial charge in [-0.2, -0.15) is 0 Å². The van der Waals surface area contributed by atoms with Crippen LogP contribution < -0.4 is 5.73 Å². The predicted octanol–water partition coefficient (Wildman–Crippen LogP) is 3.98. The van der Waals surface area contributed by atoms with E-state index in [9.17, 15) is 4.39 Å². The first-order valence-corrected chi connectivity index (χ1v) is 8.70. The number of fused-ring (bicyclic) bond motifs is 1. The summed E-state index contributed by atoms with van der Waals surface area (Å²) in [7, 11) is 2.06. The van der Waals surface area contributed by atoms with Gasteiger partial charge in [0.05, 0.1) is 0 Å². The summed E-state index contributed by atoms with van der Waals surface area (Å²) in [5, 5.41) is 0.893. The lowest BCUT2D eigenvalue weighted by atomic mass is 10.1. The molecule has 27 heavy (non-hydrogen) atoms. The third kappa shape index (κ3) is 3.96. The van der Waals surface area contributed by atoms with Crippen LogP contribution in [0, 0.1) is 5.82 Å². The molecule has 0 saturated carbocycles. The van der Waals surface area contributed by atoms with Crippen LogP contribution in [0.5, 0.6) is 0 Å². The fraction of sp³-hybridized carbons (Fsp3) is 0.143. The third-order valence-electron chi connectivity index (χ3n) is 4.42. The first-order valence-electron chi connectivity index (χ1n) is 8.70. The second kappa shape index (κ2) is 7.17. The molecule has 0 atom stereocenters. The maximum atomic E-state index is 13.3. The molecule has 2 heterocycles. The van der Waals surface area contributed by atoms with Crippen LogP contribution in [-0.4, -0.2) is 26.9 Å². The number of benzene rings is 2. The second-order valence-corrected chi connectivity index (χ2v) is 6.70. The summed E-state index contributed by atoms with van der Waals surface area (Å²) >= 11 is 0. The summed E-state index contributed by atoms with van der Waals surface area (Å²) in [4.78, 5) is 14.0. The highest BCUT2D eigenvalue weighted by Gasteiger charge is 2.07. The summed E-state index contributed by atoms with van der Waals surface area (Å²) < 4.78 is 13.3. The molecule has 0 amide bonds. The molecule has 0 aliphatic heterocycles. The summed E-state index contributed by atoms with van der Waals surface area (Å²) in [6.45, 7) is 1.54. The SMILES string of the molecule is CN(Cc1ccc(-c2nccc(N)n2)cc1)Cc1cc2cc(F)ccc2[nH]1. The lowest BCUT2D eigenvalue weighted by molar-refractivity contribution is 0.316. The van der Waals surface area contributed by atoms with Gasteiger partial charge >= 0.3 is 0 Å². The molecule has 6 heteroatoms. The Balaban J connectivity index is 1.43. The van der Waals surface area contributed by atoms with Crippen LogP contribution in [0.25, 0.3) is 22.3 Å². The highest BCUT2D eigenvalue weighted by molar-refractivity contribution is 5.80. The van der Waals surface area contributed by atoms with Gasteiger partial charge in [0, 0.05) is 41.4 Å². The van der Waals surface area contributed by atoms with E-state index in [-0.39, 0.29) is 5.82 Å². The molecular formula is C21H20FN5. The van der Waals surface area contributed by atoms with Gasteiger partial charge in [0.2, 0.25) is 0 Å². The Morgan fingerprint density at radius 1 is 1.04 bits per heavy atom. The van der Waals surface area contributed by atoms with Crippen molar-refractivity contribution in [2.45, 2.75) is 13.1 Å². The van der Waals surface area contributed by atoms with Crippen LogP contribution in [0.3, 0.4) is 0 Å². The molecule has 0 radical (unpaired) electrons. The highest BCUT2D eigenvalue weighted by atomic mass is 19.1. The topological polar surface area (TPSA) is 70.8 Å². The van der Waals surface area contributed by atoms with Crippen LogP contribution in [0.4, 0.5) is 10.2 Å². The molecule has 0 unspecified atom stereocenters. The van der Waals surface area contributed by atoms with Crippen molar-refractivity contribution in [1.82, 2.24) is 19.9 Å². The lowest BCUT2D eigenvalue weighted by Crippen LogP contribution is -2.17. The minimum Gasteiger partial charge on any atom is -0.384 e. The molecule has 4 aromatic rings. The summed E-state index contributed by atoms with van der Waals surface area (Å²) in [5.41, 5.74) is 9.85. The summed E-state index contributed by atoms with van der Waals surface area (Å²) in [6, 6.07) is 16.6. The fourth-order valence-electron chi connectivity index (χ4n) is 3.18. The first-order chi connectivity index (χ1) is 13.1. The minimum absolute atomic E-state index is 0.217. The van der Waals surface area contributed by atoms with Crippen molar-refractivity contribution in [2.75, 3.05) is 12.8 Å². The molecule has 0 spiro atoms. The second-order valence-electron chi connectivity index (χ2n) is 6.70. The number of nitrogens with zero attached hydrogens (tertiary/aromatic N) is 3. The van der Waals surface area contributed by atoms with Crippen molar-refractivity contribution < 1.29 is 4.39 Å². The van der Waals surface area contributed by atoms with Crippen LogP contribution in [0.15, 0.2) is 60.8 Å². The van der Waals surface area contributed by atoms with Gasteiger partial charge < -0.3 is 10.7 Å². The van der Waals surface area contributed by atoms with Crippen LogP contribution in [0.1, 0.15) is 11.3 Å². The van der Waals surface area contributed by atoms with E-state index in [1.165, 1.54) is 11.6 Å². The number of aromatic nitrogens is 3. The Morgan fingerprint density at radius 3 is 2.63 bits per heavy atom. The summed E-state index contributed by atoms with van der Waals surface area (Å²) in [5.74, 6) is 0.868. The zero-order valence-corrected chi connectivity index (χ0v) is 15.0. The van der Waals surface area contributed by atoms with E-state index >= 15 is 0 Å². The molecule has 0 aliphatic carbocycles. The van der Waals surface area contributed by atoms with Crippen molar-refractivity contribution in [3.63, 3.8) is 0 Å². The zero-order valence-electron chi connectivity index (χ0n) is 15.0. The number of hydrogen-bond donors (Lipinski definition) is 2. The molecule has 2 aromatic heterocycles. The van der Waals surface area contributed by atoms with Gasteiger partial charge in [0.1, 0.15) is 11.6 Å². The van der Waals surface area contributed by atoms with Crippen molar-refractivity contribution in [3.8, 4) is 11.4 Å². The number of hydrogen-bond acceptors (Lipinski definition) is 4. The van der Waals surface area contributed by atoms with Gasteiger partial charge in [-0.3, -0.25) is 4.90 Å². The molecule has 4 rings (SSSR count). The standard InChI is InChI=1S/C21H20FN5/c1-27(13-18-11-16-10-17(22)6-7-19(16)25-18)12-14-2-4-15(5-3-14)21-24-9-8-20(23)26-21/h2-11,25H,12-13H2,1H3,(H2,23,24,26). The van der Waals surface area contributed by atoms with Gasteiger partial charge in [-0.15, -0.1) is 0 Å². The van der Waals surface area contributed by atoms with Crippen LogP contribution in [0.2, 0.25) is 0 Å². The first kappa shape index (κ1) is 17.2. The zero-order chi connectivity index (χ0) is 18.8. The van der Waals surface area contributed by atoms with E-state index in [4.69, 9.17) is 5.73 Å². The van der Waals surface area contributed by atoms with E-state index in [0.29, 0.717) is 11.6 Å². The Labute approximate surface area is 156 Å². The Bertz CT molecular complexity index is 1070. The largest absolute Gasteiger partial charge is 0.384 e. The smallest absolute Gasteiger partial charge is 0.161 e. The molecule has 2 aromatic carbocycles. The Morgan fingerprint density at radius 2 is 1.85 bits per heavy atom. The molecule has 136 valence electrons. The minimum atomic E-state index is -0.217. The van der Waals surface area contributed by atoms with E-state index in [1.807, 2.05) is 18.2 Å². The van der Waals surface area contributed by atoms with Gasteiger partial charge in [0.15, 0.2) is 5.82 Å². The van der Waals surface area contributed by atoms with Crippen molar-refractivity contribution in [2.24, 2.45) is 0 Å². The average molecular weight is 361 g/mol. The quantitative estimate of drug-likeness (QED) is 0.564. The third-order valence-corrected chi connectivity index (χ3v) is 4.42. The number of nitrogens with two attached hydrogens (primary N) is 1. The summed E-state index contributed by atoms with van der Waals surface area (Å²) in [6.07, 6.45) is 1.66. The van der Waals surface area contributed by atoms with Crippen molar-refractivity contribution in [1.29, 1.82) is 0 Å². The number of rotatable bonds is 5. The van der Waals surface area contributed by atoms with Gasteiger partial charge in [-0.25, -0.2) is 14.4 Å². The predicted molar refractivity (Wildman–Crippen MR) is 105 cm³/mol. The van der Waals surface area contributed by atoms with E-state index in [0.717, 1.165) is 35.2 Å². The molecule has 0 aliphatic rings. The normalized spacial score (nSPS) is 11.4. The van der Waals surface area contributed by atoms with Crippen molar-refractivity contribution in [3.05, 3.63) is 77.9 Å². The van der Waals surface area contributed by atoms with E-state index in [2.05, 4.69) is 39.0 Å². The fourth-order valence-corrected chi connectivity index (χ4v) is 3.18. The number of H-pyrrole nitrogens is 1. The molecular weight excluding hydrogens is 341 g/mol. The Hall–Kier alpha value is -3.25. The number of nitrogens with one attached hydrogen (secondary N) is 1. The van der Waals surface area contributed by atoms with Gasteiger partial charge in [-0.1, -0.05) is 24.3 Å². The van der Waals surface area contributed by atoms with Crippen LogP contribution >= 0.6 is 0 Å². The van der Waals surface area contributed by atoms with E-state index < -0.39 is 0 Å². The van der Waals surface area contributed by atoms with Gasteiger partial charge in [-0.05, 0) is 42.9 Å². The number of anilines is 1. The Kier molecular flexibility index (Phi) is 4.56. The maximum absolute atomic E-state index is 13.3. The van der Waals surface area contributed by atoms with Crippen molar-refractivity contribution >= 4 is 16.7 Å². The maximum Gasteiger partial charge on any atom is 0.161 e.